The molecule has 0 saturated heterocycles. The number of halogens is 2. The summed E-state index contributed by atoms with van der Waals surface area (Å²) in [6, 6.07) is 6.58. The molecular formula is C16H18ClFN2O. The first-order valence-corrected chi connectivity index (χ1v) is 7.15. The second kappa shape index (κ2) is 6.87. The van der Waals surface area contributed by atoms with Crippen LogP contribution in [0.2, 0.25) is 5.02 Å². The Hall–Kier alpha value is -1.65. The van der Waals surface area contributed by atoms with Gasteiger partial charge < -0.3 is 10.1 Å². The molecule has 0 radical (unpaired) electrons. The van der Waals surface area contributed by atoms with E-state index in [1.54, 1.807) is 12.3 Å². The summed E-state index contributed by atoms with van der Waals surface area (Å²) in [5.74, 6) is 0.576. The van der Waals surface area contributed by atoms with Crippen LogP contribution >= 0.6 is 11.6 Å². The summed E-state index contributed by atoms with van der Waals surface area (Å²) >= 11 is 5.67. The Balaban J connectivity index is 2.24. The van der Waals surface area contributed by atoms with E-state index in [0.717, 1.165) is 11.3 Å². The van der Waals surface area contributed by atoms with E-state index < -0.39 is 5.82 Å². The smallest absolute Gasteiger partial charge is 0.145 e. The number of aromatic nitrogens is 1. The molecule has 0 unspecified atom stereocenters. The molecule has 1 aromatic heterocycles. The third-order valence-electron chi connectivity index (χ3n) is 2.90. The zero-order chi connectivity index (χ0) is 15.4. The van der Waals surface area contributed by atoms with E-state index in [-0.39, 0.29) is 5.02 Å². The number of nitrogens with one attached hydrogen (secondary N) is 1. The highest BCUT2D eigenvalue weighted by molar-refractivity contribution is 6.30. The molecule has 1 N–H and O–H groups in total. The van der Waals surface area contributed by atoms with Crippen molar-refractivity contribution < 1.29 is 9.13 Å². The van der Waals surface area contributed by atoms with Crippen molar-refractivity contribution in [2.45, 2.75) is 33.4 Å². The molecule has 2 aromatic rings. The van der Waals surface area contributed by atoms with Gasteiger partial charge in [0.05, 0.1) is 5.02 Å². The number of hydrogen-bond donors (Lipinski definition) is 1. The van der Waals surface area contributed by atoms with E-state index >= 15 is 0 Å². The first-order valence-electron chi connectivity index (χ1n) is 6.77. The summed E-state index contributed by atoms with van der Waals surface area (Å²) < 4.78 is 19.3. The Bertz CT molecular complexity index is 632. The van der Waals surface area contributed by atoms with Gasteiger partial charge in [-0.05, 0) is 19.1 Å². The monoisotopic (exact) mass is 308 g/mol. The van der Waals surface area contributed by atoms with Crippen molar-refractivity contribution in [2.75, 3.05) is 0 Å². The highest BCUT2D eigenvalue weighted by atomic mass is 35.5. The van der Waals surface area contributed by atoms with E-state index in [1.807, 2.05) is 13.0 Å². The number of pyridine rings is 1. The molecule has 2 rings (SSSR count). The first-order chi connectivity index (χ1) is 9.95. The third-order valence-corrected chi connectivity index (χ3v) is 3.21. The molecule has 3 nitrogen and oxygen atoms in total. The van der Waals surface area contributed by atoms with Crippen LogP contribution in [-0.2, 0) is 6.54 Å². The quantitative estimate of drug-likeness (QED) is 0.884. The van der Waals surface area contributed by atoms with Gasteiger partial charge in [0.25, 0.3) is 0 Å². The molecule has 112 valence electrons. The molecule has 0 saturated carbocycles. The molecule has 0 spiro atoms. The maximum atomic E-state index is 13.5. The van der Waals surface area contributed by atoms with Gasteiger partial charge >= 0.3 is 0 Å². The van der Waals surface area contributed by atoms with Gasteiger partial charge in [0, 0.05) is 42.2 Å². The van der Waals surface area contributed by atoms with Crippen molar-refractivity contribution in [3.05, 3.63) is 52.6 Å². The highest BCUT2D eigenvalue weighted by Gasteiger charge is 2.09. The minimum atomic E-state index is -0.498. The fourth-order valence-corrected chi connectivity index (χ4v) is 1.89. The number of nitrogens with zero attached hydrogens (tertiary/aromatic N) is 1. The minimum absolute atomic E-state index is 0.0787. The Kier molecular flexibility index (Phi) is 5.15. The van der Waals surface area contributed by atoms with Gasteiger partial charge in [-0.25, -0.2) is 4.39 Å². The molecule has 0 aliphatic heterocycles. The standard InChI is InChI=1S/C16H18ClFN2O/c1-10(2)19-8-12-9-20-11(3)6-16(12)21-13-4-5-14(17)15(18)7-13/h4-7,9-10,19H,8H2,1-3H3. The van der Waals surface area contributed by atoms with Crippen molar-refractivity contribution in [1.82, 2.24) is 10.3 Å². The summed E-state index contributed by atoms with van der Waals surface area (Å²) in [5, 5.41) is 3.39. The predicted molar refractivity (Wildman–Crippen MR) is 82.4 cm³/mol. The van der Waals surface area contributed by atoms with Crippen LogP contribution in [0, 0.1) is 12.7 Å². The van der Waals surface area contributed by atoms with Crippen LogP contribution in [0.4, 0.5) is 4.39 Å². The van der Waals surface area contributed by atoms with E-state index in [4.69, 9.17) is 16.3 Å². The number of aryl methyl sites for hydroxylation is 1. The van der Waals surface area contributed by atoms with Crippen molar-refractivity contribution in [2.24, 2.45) is 0 Å². The molecule has 0 aliphatic carbocycles. The average molecular weight is 309 g/mol. The summed E-state index contributed by atoms with van der Waals surface area (Å²) in [7, 11) is 0. The summed E-state index contributed by atoms with van der Waals surface area (Å²) in [5.41, 5.74) is 1.76. The highest BCUT2D eigenvalue weighted by Crippen LogP contribution is 2.28. The maximum Gasteiger partial charge on any atom is 0.145 e. The zero-order valence-corrected chi connectivity index (χ0v) is 13.0. The largest absolute Gasteiger partial charge is 0.457 e. The van der Waals surface area contributed by atoms with E-state index in [9.17, 15) is 4.39 Å². The van der Waals surface area contributed by atoms with Gasteiger partial charge in [-0.1, -0.05) is 25.4 Å². The van der Waals surface area contributed by atoms with Crippen LogP contribution in [-0.4, -0.2) is 11.0 Å². The van der Waals surface area contributed by atoms with Crippen LogP contribution in [0.25, 0.3) is 0 Å². The van der Waals surface area contributed by atoms with Crippen molar-refractivity contribution >= 4 is 11.6 Å². The summed E-state index contributed by atoms with van der Waals surface area (Å²) in [4.78, 5) is 4.28. The number of rotatable bonds is 5. The van der Waals surface area contributed by atoms with Crippen LogP contribution < -0.4 is 10.1 Å². The molecule has 0 atom stereocenters. The number of hydrogen-bond acceptors (Lipinski definition) is 3. The Morgan fingerprint density at radius 3 is 2.76 bits per heavy atom. The molecule has 21 heavy (non-hydrogen) atoms. The topological polar surface area (TPSA) is 34.1 Å². The third kappa shape index (κ3) is 4.41. The molecule has 0 amide bonds. The van der Waals surface area contributed by atoms with Gasteiger partial charge in [-0.2, -0.15) is 0 Å². The number of ether oxygens (including phenoxy) is 1. The average Bonchev–Trinajstić information content (AvgIpc) is 2.42. The maximum absolute atomic E-state index is 13.5. The molecule has 1 heterocycles. The molecule has 0 aliphatic rings. The van der Waals surface area contributed by atoms with E-state index in [2.05, 4.69) is 24.1 Å². The molecule has 1 aromatic carbocycles. The fourth-order valence-electron chi connectivity index (χ4n) is 1.77. The van der Waals surface area contributed by atoms with Gasteiger partial charge in [-0.3, -0.25) is 4.98 Å². The first kappa shape index (κ1) is 15.7. The molecule has 0 fully saturated rings. The Morgan fingerprint density at radius 1 is 1.33 bits per heavy atom. The van der Waals surface area contributed by atoms with Gasteiger partial charge in [0.15, 0.2) is 0 Å². The van der Waals surface area contributed by atoms with E-state index in [0.29, 0.717) is 24.1 Å². The van der Waals surface area contributed by atoms with Crippen molar-refractivity contribution in [3.63, 3.8) is 0 Å². The Morgan fingerprint density at radius 2 is 2.10 bits per heavy atom. The van der Waals surface area contributed by atoms with Crippen LogP contribution in [0.3, 0.4) is 0 Å². The zero-order valence-electron chi connectivity index (χ0n) is 12.3. The fraction of sp³-hybridized carbons (Fsp3) is 0.312. The second-order valence-electron chi connectivity index (χ2n) is 5.15. The summed E-state index contributed by atoms with van der Waals surface area (Å²) in [6.07, 6.45) is 1.77. The van der Waals surface area contributed by atoms with Crippen molar-refractivity contribution in [1.29, 1.82) is 0 Å². The molecular weight excluding hydrogens is 291 g/mol. The van der Waals surface area contributed by atoms with Gasteiger partial charge in [0.2, 0.25) is 0 Å². The minimum Gasteiger partial charge on any atom is -0.457 e. The molecule has 5 heteroatoms. The van der Waals surface area contributed by atoms with Crippen LogP contribution in [0.5, 0.6) is 11.5 Å². The predicted octanol–water partition coefficient (Wildman–Crippen LogP) is 4.47. The van der Waals surface area contributed by atoms with E-state index in [1.165, 1.54) is 12.1 Å². The lowest BCUT2D eigenvalue weighted by Crippen LogP contribution is -2.22. The van der Waals surface area contributed by atoms with Crippen LogP contribution in [0.1, 0.15) is 25.1 Å². The van der Waals surface area contributed by atoms with Crippen LogP contribution in [0.15, 0.2) is 30.5 Å². The van der Waals surface area contributed by atoms with Crippen molar-refractivity contribution in [3.8, 4) is 11.5 Å². The summed E-state index contributed by atoms with van der Waals surface area (Å²) in [6.45, 7) is 6.65. The lowest BCUT2D eigenvalue weighted by atomic mass is 10.2. The lowest BCUT2D eigenvalue weighted by molar-refractivity contribution is 0.463. The number of benzene rings is 1. The molecule has 0 bridgehead atoms. The SMILES string of the molecule is Cc1cc(Oc2ccc(Cl)c(F)c2)c(CNC(C)C)cn1. The normalized spacial score (nSPS) is 11.0. The van der Waals surface area contributed by atoms with Gasteiger partial charge in [0.1, 0.15) is 17.3 Å². The van der Waals surface area contributed by atoms with Gasteiger partial charge in [-0.15, -0.1) is 0 Å². The second-order valence-corrected chi connectivity index (χ2v) is 5.55. The lowest BCUT2D eigenvalue weighted by Gasteiger charge is -2.14. The Labute approximate surface area is 129 Å².